The minimum absolute atomic E-state index is 0.229. The van der Waals surface area contributed by atoms with Gasteiger partial charge in [-0.3, -0.25) is 5.43 Å². The zero-order chi connectivity index (χ0) is 15.6. The number of nitrogens with zero attached hydrogens (tertiary/aromatic N) is 2. The van der Waals surface area contributed by atoms with Crippen molar-refractivity contribution in [3.63, 3.8) is 0 Å². The molecular formula is C18H17N3OS. The summed E-state index contributed by atoms with van der Waals surface area (Å²) >= 11 is 1.68. The van der Waals surface area contributed by atoms with E-state index in [1.165, 1.54) is 23.4 Å². The van der Waals surface area contributed by atoms with Gasteiger partial charge in [-0.05, 0) is 42.5 Å². The van der Waals surface area contributed by atoms with Crippen molar-refractivity contribution in [2.45, 2.75) is 25.7 Å². The number of nitrogens with one attached hydrogen (secondary N) is 1. The molecule has 0 bridgehead atoms. The van der Waals surface area contributed by atoms with Crippen LogP contribution < -0.4 is 5.43 Å². The van der Waals surface area contributed by atoms with Gasteiger partial charge in [0.05, 0.1) is 11.9 Å². The van der Waals surface area contributed by atoms with E-state index in [1.807, 2.05) is 30.3 Å². The second-order valence-electron chi connectivity index (χ2n) is 5.69. The Kier molecular flexibility index (Phi) is 3.71. The number of phenols is 1. The first-order valence-corrected chi connectivity index (χ1v) is 8.61. The number of benzene rings is 2. The van der Waals surface area contributed by atoms with E-state index >= 15 is 0 Å². The highest BCUT2D eigenvalue weighted by atomic mass is 32.1. The van der Waals surface area contributed by atoms with Gasteiger partial charge in [0, 0.05) is 10.4 Å². The van der Waals surface area contributed by atoms with Gasteiger partial charge < -0.3 is 5.11 Å². The minimum atomic E-state index is 0.229. The fourth-order valence-corrected chi connectivity index (χ4v) is 3.97. The van der Waals surface area contributed by atoms with Gasteiger partial charge in [0.15, 0.2) is 0 Å². The minimum Gasteiger partial charge on any atom is -0.507 e. The van der Waals surface area contributed by atoms with Crippen LogP contribution in [0.5, 0.6) is 5.75 Å². The molecule has 0 radical (unpaired) electrons. The average Bonchev–Trinajstić information content (AvgIpc) is 2.99. The van der Waals surface area contributed by atoms with Crippen LogP contribution in [-0.4, -0.2) is 16.3 Å². The van der Waals surface area contributed by atoms with Crippen LogP contribution in [0.15, 0.2) is 41.5 Å². The maximum atomic E-state index is 10.1. The summed E-state index contributed by atoms with van der Waals surface area (Å²) in [6.07, 6.45) is 6.34. The van der Waals surface area contributed by atoms with Gasteiger partial charge in [0.25, 0.3) is 0 Å². The number of anilines is 1. The normalized spacial score (nSPS) is 14.3. The Morgan fingerprint density at radius 1 is 1.13 bits per heavy atom. The Bertz CT molecular complexity index is 862. The van der Waals surface area contributed by atoms with Crippen LogP contribution in [0, 0.1) is 0 Å². The summed E-state index contributed by atoms with van der Waals surface area (Å²) in [5.74, 6) is 0.229. The van der Waals surface area contributed by atoms with Crippen LogP contribution >= 0.6 is 11.3 Å². The first-order chi connectivity index (χ1) is 11.3. The van der Waals surface area contributed by atoms with Crippen molar-refractivity contribution in [1.29, 1.82) is 0 Å². The smallest absolute Gasteiger partial charge is 0.203 e. The number of aryl methyl sites for hydroxylation is 2. The van der Waals surface area contributed by atoms with Crippen molar-refractivity contribution in [1.82, 2.24) is 4.98 Å². The monoisotopic (exact) mass is 323 g/mol. The molecule has 4 rings (SSSR count). The van der Waals surface area contributed by atoms with Gasteiger partial charge in [-0.2, -0.15) is 5.10 Å². The summed E-state index contributed by atoms with van der Waals surface area (Å²) in [5.41, 5.74) is 4.94. The molecule has 1 aliphatic carbocycles. The fraction of sp³-hybridized carbons (Fsp3) is 0.222. The van der Waals surface area contributed by atoms with Gasteiger partial charge in [-0.15, -0.1) is 11.3 Å². The highest BCUT2D eigenvalue weighted by Gasteiger charge is 2.14. The average molecular weight is 323 g/mol. The van der Waals surface area contributed by atoms with Gasteiger partial charge in [0.2, 0.25) is 5.13 Å². The molecule has 0 spiro atoms. The summed E-state index contributed by atoms with van der Waals surface area (Å²) in [5, 5.41) is 17.3. The zero-order valence-corrected chi connectivity index (χ0v) is 13.4. The predicted molar refractivity (Wildman–Crippen MR) is 95.6 cm³/mol. The van der Waals surface area contributed by atoms with E-state index in [4.69, 9.17) is 0 Å². The SMILES string of the molecule is Oc1ccc2ccccc2c1C=NNc1nc2c(s1)CCCC2. The molecule has 0 fully saturated rings. The lowest BCUT2D eigenvalue weighted by molar-refractivity contribution is 0.475. The second kappa shape index (κ2) is 6.01. The number of fused-ring (bicyclic) bond motifs is 2. The molecular weight excluding hydrogens is 306 g/mol. The summed E-state index contributed by atoms with van der Waals surface area (Å²) in [4.78, 5) is 5.97. The molecule has 2 aromatic carbocycles. The third-order valence-corrected chi connectivity index (χ3v) is 5.21. The number of hydrogen-bond donors (Lipinski definition) is 2. The molecule has 0 unspecified atom stereocenters. The van der Waals surface area contributed by atoms with Crippen molar-refractivity contribution in [3.8, 4) is 5.75 Å². The predicted octanol–water partition coefficient (Wildman–Crippen LogP) is 4.33. The van der Waals surface area contributed by atoms with Gasteiger partial charge in [0.1, 0.15) is 5.75 Å². The number of hydrogen-bond acceptors (Lipinski definition) is 5. The summed E-state index contributed by atoms with van der Waals surface area (Å²) in [6, 6.07) is 11.6. The third-order valence-electron chi connectivity index (χ3n) is 4.15. The quantitative estimate of drug-likeness (QED) is 0.557. The largest absolute Gasteiger partial charge is 0.507 e. The molecule has 116 valence electrons. The zero-order valence-electron chi connectivity index (χ0n) is 12.6. The van der Waals surface area contributed by atoms with Crippen molar-refractivity contribution in [3.05, 3.63) is 52.5 Å². The highest BCUT2D eigenvalue weighted by molar-refractivity contribution is 7.15. The lowest BCUT2D eigenvalue weighted by Gasteiger charge is -2.06. The van der Waals surface area contributed by atoms with Crippen molar-refractivity contribution in [2.75, 3.05) is 5.43 Å². The molecule has 5 heteroatoms. The summed E-state index contributed by atoms with van der Waals surface area (Å²) < 4.78 is 0. The van der Waals surface area contributed by atoms with E-state index in [1.54, 1.807) is 23.6 Å². The Hall–Kier alpha value is -2.40. The van der Waals surface area contributed by atoms with Gasteiger partial charge >= 0.3 is 0 Å². The molecule has 2 N–H and O–H groups in total. The Balaban J connectivity index is 1.59. The Morgan fingerprint density at radius 3 is 2.91 bits per heavy atom. The molecule has 0 saturated carbocycles. The molecule has 1 aromatic heterocycles. The van der Waals surface area contributed by atoms with E-state index in [9.17, 15) is 5.11 Å². The fourth-order valence-electron chi connectivity index (χ4n) is 2.97. The molecule has 1 heterocycles. The van der Waals surface area contributed by atoms with Crippen LogP contribution in [0.2, 0.25) is 0 Å². The molecule has 0 amide bonds. The Morgan fingerprint density at radius 2 is 2.00 bits per heavy atom. The van der Waals surface area contributed by atoms with E-state index in [0.29, 0.717) is 0 Å². The van der Waals surface area contributed by atoms with Crippen molar-refractivity contribution >= 4 is 33.5 Å². The Labute approximate surface area is 138 Å². The van der Waals surface area contributed by atoms with E-state index < -0.39 is 0 Å². The molecule has 0 atom stereocenters. The number of aromatic nitrogens is 1. The standard InChI is InChI=1S/C18H17N3OS/c22-16-10-9-12-5-1-2-6-13(12)14(16)11-19-21-18-20-15-7-3-4-8-17(15)23-18/h1-2,5-6,9-11,22H,3-4,7-8H2,(H,20,21). The molecule has 1 aliphatic rings. The number of phenolic OH excluding ortho intramolecular Hbond substituents is 1. The van der Waals surface area contributed by atoms with Crippen molar-refractivity contribution < 1.29 is 5.11 Å². The molecule has 0 aliphatic heterocycles. The topological polar surface area (TPSA) is 57.5 Å². The van der Waals surface area contributed by atoms with Crippen LogP contribution in [0.25, 0.3) is 10.8 Å². The first kappa shape index (κ1) is 14.2. The van der Waals surface area contributed by atoms with E-state index in [2.05, 4.69) is 15.5 Å². The van der Waals surface area contributed by atoms with Crippen LogP contribution in [-0.2, 0) is 12.8 Å². The number of hydrazone groups is 1. The van der Waals surface area contributed by atoms with E-state index in [-0.39, 0.29) is 5.75 Å². The lowest BCUT2D eigenvalue weighted by Crippen LogP contribution is -1.99. The van der Waals surface area contributed by atoms with Crippen LogP contribution in [0.1, 0.15) is 29.0 Å². The molecule has 0 saturated heterocycles. The second-order valence-corrected chi connectivity index (χ2v) is 6.77. The lowest BCUT2D eigenvalue weighted by atomic mass is 10.0. The maximum absolute atomic E-state index is 10.1. The molecule has 4 nitrogen and oxygen atoms in total. The summed E-state index contributed by atoms with van der Waals surface area (Å²) in [6.45, 7) is 0. The number of thiazole rings is 1. The third kappa shape index (κ3) is 2.80. The maximum Gasteiger partial charge on any atom is 0.203 e. The molecule has 3 aromatic rings. The first-order valence-electron chi connectivity index (χ1n) is 7.79. The van der Waals surface area contributed by atoms with Crippen LogP contribution in [0.4, 0.5) is 5.13 Å². The highest BCUT2D eigenvalue weighted by Crippen LogP contribution is 2.30. The van der Waals surface area contributed by atoms with Gasteiger partial charge in [-0.1, -0.05) is 30.3 Å². The number of rotatable bonds is 3. The van der Waals surface area contributed by atoms with E-state index in [0.717, 1.165) is 34.3 Å². The summed E-state index contributed by atoms with van der Waals surface area (Å²) in [7, 11) is 0. The van der Waals surface area contributed by atoms with Crippen molar-refractivity contribution in [2.24, 2.45) is 5.10 Å². The van der Waals surface area contributed by atoms with Gasteiger partial charge in [-0.25, -0.2) is 4.98 Å². The number of aromatic hydroxyl groups is 1. The van der Waals surface area contributed by atoms with Crippen LogP contribution in [0.3, 0.4) is 0 Å². The molecule has 23 heavy (non-hydrogen) atoms.